The highest BCUT2D eigenvalue weighted by molar-refractivity contribution is 5.19. The SMILES string of the molecule is CC1C2CC(C1C)C(CC1(C)C3CC4(O)CC1CC(O)(C3)C4)(C(F)(F)F)C2. The van der Waals surface area contributed by atoms with E-state index >= 15 is 0 Å². The predicted octanol–water partition coefficient (Wildman–Crippen LogP) is 4.93. The van der Waals surface area contributed by atoms with Gasteiger partial charge in [-0.3, -0.25) is 0 Å². The number of alkyl halides is 3. The van der Waals surface area contributed by atoms with Crippen molar-refractivity contribution in [1.82, 2.24) is 0 Å². The molecule has 0 heterocycles. The monoisotopic (exact) mass is 386 g/mol. The van der Waals surface area contributed by atoms with Gasteiger partial charge in [0.25, 0.3) is 0 Å². The second kappa shape index (κ2) is 5.06. The van der Waals surface area contributed by atoms with E-state index in [9.17, 15) is 23.4 Å². The third kappa shape index (κ3) is 2.27. The van der Waals surface area contributed by atoms with Crippen molar-refractivity contribution in [2.75, 3.05) is 0 Å². The zero-order valence-electron chi connectivity index (χ0n) is 16.6. The van der Waals surface area contributed by atoms with E-state index in [1.165, 1.54) is 0 Å². The van der Waals surface area contributed by atoms with Gasteiger partial charge in [-0.25, -0.2) is 0 Å². The summed E-state index contributed by atoms with van der Waals surface area (Å²) in [6, 6.07) is 0. The van der Waals surface area contributed by atoms with Crippen LogP contribution in [0.4, 0.5) is 13.2 Å². The zero-order chi connectivity index (χ0) is 19.6. The minimum absolute atomic E-state index is 0.000156. The Bertz CT molecular complexity index is 620. The maximum Gasteiger partial charge on any atom is 0.394 e. The quantitative estimate of drug-likeness (QED) is 0.706. The van der Waals surface area contributed by atoms with Crippen LogP contribution < -0.4 is 0 Å². The summed E-state index contributed by atoms with van der Waals surface area (Å²) in [4.78, 5) is 0. The molecule has 5 unspecified atom stereocenters. The lowest BCUT2D eigenvalue weighted by Gasteiger charge is -2.67. The Morgan fingerprint density at radius 2 is 1.41 bits per heavy atom. The second-order valence-electron chi connectivity index (χ2n) is 11.7. The van der Waals surface area contributed by atoms with E-state index in [0.29, 0.717) is 38.0 Å². The third-order valence-corrected chi connectivity index (χ3v) is 10.4. The molecule has 154 valence electrons. The highest BCUT2D eigenvalue weighted by Gasteiger charge is 2.73. The molecular weight excluding hydrogens is 353 g/mol. The average Bonchev–Trinajstić information content (AvgIpc) is 3.00. The van der Waals surface area contributed by atoms with Crippen molar-refractivity contribution >= 4 is 0 Å². The fourth-order valence-electron chi connectivity index (χ4n) is 9.08. The molecule has 6 aliphatic carbocycles. The topological polar surface area (TPSA) is 40.5 Å². The molecular formula is C22H33F3O2. The Morgan fingerprint density at radius 3 is 1.81 bits per heavy atom. The van der Waals surface area contributed by atoms with Crippen LogP contribution >= 0.6 is 0 Å². The molecule has 0 aliphatic heterocycles. The summed E-state index contributed by atoms with van der Waals surface area (Å²) in [5.41, 5.74) is -3.72. The summed E-state index contributed by atoms with van der Waals surface area (Å²) >= 11 is 0. The van der Waals surface area contributed by atoms with E-state index < -0.39 is 28.2 Å². The standard InChI is InChI=1S/C22H33F3O2/c1-12-13(2)17-4-14(12)5-21(17,22(23,24)25)10-18(3)15-6-19(26)8-16(18)9-20(27,7-15)11-19/h12-17,26-27H,4-11H2,1-3H3. The van der Waals surface area contributed by atoms with E-state index in [1.54, 1.807) is 0 Å². The van der Waals surface area contributed by atoms with Crippen LogP contribution in [0.5, 0.6) is 0 Å². The Morgan fingerprint density at radius 1 is 0.889 bits per heavy atom. The van der Waals surface area contributed by atoms with Gasteiger partial charge in [0.05, 0.1) is 16.6 Å². The van der Waals surface area contributed by atoms with Gasteiger partial charge in [0, 0.05) is 6.42 Å². The van der Waals surface area contributed by atoms with Gasteiger partial charge < -0.3 is 10.2 Å². The first-order chi connectivity index (χ1) is 12.3. The summed E-state index contributed by atoms with van der Waals surface area (Å²) in [5, 5.41) is 21.8. The molecule has 27 heavy (non-hydrogen) atoms. The molecule has 0 saturated heterocycles. The van der Waals surface area contributed by atoms with E-state index in [2.05, 4.69) is 13.8 Å². The van der Waals surface area contributed by atoms with Gasteiger partial charge in [-0.1, -0.05) is 20.8 Å². The lowest BCUT2D eigenvalue weighted by molar-refractivity contribution is -0.291. The van der Waals surface area contributed by atoms with Crippen LogP contribution in [0, 0.1) is 46.3 Å². The largest absolute Gasteiger partial charge is 0.394 e. The molecule has 2 nitrogen and oxygen atoms in total. The molecule has 0 spiro atoms. The van der Waals surface area contributed by atoms with Crippen molar-refractivity contribution in [1.29, 1.82) is 0 Å². The number of halogens is 3. The molecule has 0 aromatic rings. The van der Waals surface area contributed by atoms with Crippen LogP contribution in [0.1, 0.15) is 72.1 Å². The minimum atomic E-state index is -4.17. The van der Waals surface area contributed by atoms with Crippen molar-refractivity contribution in [2.24, 2.45) is 46.3 Å². The zero-order valence-corrected chi connectivity index (χ0v) is 16.6. The van der Waals surface area contributed by atoms with Crippen LogP contribution in [0.2, 0.25) is 0 Å². The van der Waals surface area contributed by atoms with Gasteiger partial charge >= 0.3 is 6.18 Å². The Labute approximate surface area is 159 Å². The molecule has 6 bridgehead atoms. The molecule has 0 aromatic carbocycles. The summed E-state index contributed by atoms with van der Waals surface area (Å²) < 4.78 is 43.8. The van der Waals surface area contributed by atoms with Crippen LogP contribution in [-0.4, -0.2) is 27.6 Å². The second-order valence-corrected chi connectivity index (χ2v) is 11.7. The van der Waals surface area contributed by atoms with Gasteiger partial charge in [0.2, 0.25) is 0 Å². The Kier molecular flexibility index (Phi) is 3.51. The molecule has 6 rings (SSSR count). The smallest absolute Gasteiger partial charge is 0.390 e. The summed E-state index contributed by atoms with van der Waals surface area (Å²) in [6.07, 6.45) is -0.293. The molecule has 6 aliphatic rings. The molecule has 5 atom stereocenters. The fourth-order valence-corrected chi connectivity index (χ4v) is 9.08. The summed E-state index contributed by atoms with van der Waals surface area (Å²) in [7, 11) is 0. The highest BCUT2D eigenvalue weighted by atomic mass is 19.4. The lowest BCUT2D eigenvalue weighted by Crippen LogP contribution is -2.66. The summed E-state index contributed by atoms with van der Waals surface area (Å²) in [5.74, 6) is 0.440. The van der Waals surface area contributed by atoms with Gasteiger partial charge in [-0.15, -0.1) is 0 Å². The first-order valence-corrected chi connectivity index (χ1v) is 10.8. The number of fused-ring (bicyclic) bond motifs is 2. The van der Waals surface area contributed by atoms with E-state index in [-0.39, 0.29) is 42.4 Å². The van der Waals surface area contributed by atoms with E-state index in [0.717, 1.165) is 6.42 Å². The maximum atomic E-state index is 14.6. The van der Waals surface area contributed by atoms with Gasteiger partial charge in [0.1, 0.15) is 0 Å². The first-order valence-electron chi connectivity index (χ1n) is 10.8. The molecule has 0 radical (unpaired) electrons. The van der Waals surface area contributed by atoms with Gasteiger partial charge in [0.15, 0.2) is 0 Å². The fraction of sp³-hybridized carbons (Fsp3) is 1.00. The van der Waals surface area contributed by atoms with Crippen LogP contribution in [0.15, 0.2) is 0 Å². The molecule has 2 N–H and O–H groups in total. The molecule has 0 aromatic heterocycles. The molecule has 6 saturated carbocycles. The molecule has 5 heteroatoms. The van der Waals surface area contributed by atoms with Crippen molar-refractivity contribution in [2.45, 2.75) is 89.5 Å². The van der Waals surface area contributed by atoms with Crippen molar-refractivity contribution in [3.05, 3.63) is 0 Å². The normalized spacial score (nSPS) is 61.8. The van der Waals surface area contributed by atoms with Gasteiger partial charge in [-0.05, 0) is 85.9 Å². The maximum absolute atomic E-state index is 14.6. The van der Waals surface area contributed by atoms with Gasteiger partial charge in [-0.2, -0.15) is 13.2 Å². The van der Waals surface area contributed by atoms with Crippen molar-refractivity contribution < 1.29 is 23.4 Å². The van der Waals surface area contributed by atoms with Crippen LogP contribution in [0.3, 0.4) is 0 Å². The van der Waals surface area contributed by atoms with E-state index in [4.69, 9.17) is 0 Å². The summed E-state index contributed by atoms with van der Waals surface area (Å²) in [6.45, 7) is 6.21. The number of aliphatic hydroxyl groups is 2. The Hall–Kier alpha value is -0.290. The first kappa shape index (κ1) is 18.7. The van der Waals surface area contributed by atoms with Crippen molar-refractivity contribution in [3.63, 3.8) is 0 Å². The highest BCUT2D eigenvalue weighted by Crippen LogP contribution is 2.74. The average molecular weight is 386 g/mol. The van der Waals surface area contributed by atoms with Crippen LogP contribution in [0.25, 0.3) is 0 Å². The number of rotatable bonds is 2. The number of hydrogen-bond acceptors (Lipinski definition) is 2. The molecule has 6 fully saturated rings. The third-order valence-electron chi connectivity index (χ3n) is 10.4. The van der Waals surface area contributed by atoms with E-state index in [1.807, 2.05) is 6.92 Å². The number of hydrogen-bond donors (Lipinski definition) is 2. The Balaban J connectivity index is 1.52. The van der Waals surface area contributed by atoms with Crippen molar-refractivity contribution in [3.8, 4) is 0 Å². The van der Waals surface area contributed by atoms with Crippen LogP contribution in [-0.2, 0) is 0 Å². The minimum Gasteiger partial charge on any atom is -0.390 e. The molecule has 0 amide bonds. The predicted molar refractivity (Wildman–Crippen MR) is 95.7 cm³/mol. The lowest BCUT2D eigenvalue weighted by atomic mass is 9.40.